The predicted octanol–water partition coefficient (Wildman–Crippen LogP) is 1.75. The van der Waals surface area contributed by atoms with Crippen LogP contribution in [0.1, 0.15) is 19.5 Å². The number of nitrogens with one attached hydrogen (secondary N) is 1. The Kier molecular flexibility index (Phi) is 3.89. The van der Waals surface area contributed by atoms with E-state index in [9.17, 15) is 0 Å². The zero-order valence-electron chi connectivity index (χ0n) is 9.25. The quantitative estimate of drug-likeness (QED) is 0.722. The van der Waals surface area contributed by atoms with Crippen molar-refractivity contribution in [2.45, 2.75) is 33.4 Å². The van der Waals surface area contributed by atoms with E-state index in [0.29, 0.717) is 6.04 Å². The molecule has 0 spiro atoms. The van der Waals surface area contributed by atoms with Crippen molar-refractivity contribution in [3.05, 3.63) is 30.1 Å². The Morgan fingerprint density at radius 1 is 1.64 bits per heavy atom. The molecule has 0 atom stereocenters. The summed E-state index contributed by atoms with van der Waals surface area (Å²) in [6.45, 7) is 12.0. The second-order valence-corrected chi connectivity index (χ2v) is 3.92. The van der Waals surface area contributed by atoms with Crippen LogP contribution in [-0.4, -0.2) is 22.4 Å². The maximum atomic E-state index is 4.21. The van der Waals surface area contributed by atoms with Crippen molar-refractivity contribution < 1.29 is 0 Å². The lowest BCUT2D eigenvalue weighted by molar-refractivity contribution is 0.583. The maximum Gasteiger partial charge on any atom is 0.0632 e. The van der Waals surface area contributed by atoms with Crippen molar-refractivity contribution >= 4 is 0 Å². The smallest absolute Gasteiger partial charge is 0.0632 e. The topological polar surface area (TPSA) is 29.9 Å². The molecule has 1 rings (SSSR count). The van der Waals surface area contributed by atoms with E-state index in [2.05, 4.69) is 37.8 Å². The molecule has 14 heavy (non-hydrogen) atoms. The van der Waals surface area contributed by atoms with E-state index in [1.807, 2.05) is 16.9 Å². The third kappa shape index (κ3) is 3.34. The molecule has 1 aromatic rings. The molecule has 0 saturated carbocycles. The van der Waals surface area contributed by atoms with Crippen LogP contribution in [0.5, 0.6) is 0 Å². The highest BCUT2D eigenvalue weighted by atomic mass is 15.3. The molecule has 3 heteroatoms. The summed E-state index contributed by atoms with van der Waals surface area (Å²) in [5.74, 6) is 0. The fraction of sp³-hybridized carbons (Fsp3) is 0.545. The second-order valence-electron chi connectivity index (χ2n) is 3.92. The summed E-state index contributed by atoms with van der Waals surface area (Å²) in [5, 5.41) is 7.55. The summed E-state index contributed by atoms with van der Waals surface area (Å²) in [4.78, 5) is 0. The maximum absolute atomic E-state index is 4.21. The molecule has 0 saturated heterocycles. The predicted molar refractivity (Wildman–Crippen MR) is 59.2 cm³/mol. The lowest BCUT2D eigenvalue weighted by Gasteiger charge is -2.11. The van der Waals surface area contributed by atoms with E-state index in [0.717, 1.165) is 18.7 Å². The zero-order chi connectivity index (χ0) is 10.6. The van der Waals surface area contributed by atoms with Crippen molar-refractivity contribution in [1.82, 2.24) is 15.1 Å². The Bertz CT molecular complexity index is 299. The molecule has 0 aliphatic heterocycles. The van der Waals surface area contributed by atoms with Gasteiger partial charge in [-0.15, -0.1) is 0 Å². The number of rotatable bonds is 5. The highest BCUT2D eigenvalue weighted by Crippen LogP contribution is 2.00. The average molecular weight is 193 g/mol. The minimum Gasteiger partial charge on any atom is -0.311 e. The van der Waals surface area contributed by atoms with Crippen molar-refractivity contribution in [1.29, 1.82) is 0 Å². The lowest BCUT2D eigenvalue weighted by atomic mass is 10.2. The van der Waals surface area contributed by atoms with E-state index in [-0.39, 0.29) is 0 Å². The Hall–Kier alpha value is -1.09. The number of aromatic nitrogens is 2. The first-order valence-electron chi connectivity index (χ1n) is 4.98. The summed E-state index contributed by atoms with van der Waals surface area (Å²) in [7, 11) is 0. The van der Waals surface area contributed by atoms with Gasteiger partial charge >= 0.3 is 0 Å². The van der Waals surface area contributed by atoms with Crippen molar-refractivity contribution in [3.8, 4) is 0 Å². The Labute approximate surface area is 85.8 Å². The molecule has 0 bridgehead atoms. The number of hydrogen-bond donors (Lipinski definition) is 1. The van der Waals surface area contributed by atoms with E-state index in [1.165, 1.54) is 5.69 Å². The summed E-state index contributed by atoms with van der Waals surface area (Å²) >= 11 is 0. The highest BCUT2D eigenvalue weighted by molar-refractivity contribution is 5.03. The monoisotopic (exact) mass is 193 g/mol. The lowest BCUT2D eigenvalue weighted by Crippen LogP contribution is -2.26. The van der Waals surface area contributed by atoms with Gasteiger partial charge < -0.3 is 5.32 Å². The van der Waals surface area contributed by atoms with Gasteiger partial charge in [-0.2, -0.15) is 5.10 Å². The van der Waals surface area contributed by atoms with Crippen molar-refractivity contribution in [2.75, 3.05) is 6.54 Å². The number of hydrogen-bond acceptors (Lipinski definition) is 2. The van der Waals surface area contributed by atoms with Gasteiger partial charge in [0.1, 0.15) is 0 Å². The molecule has 0 aliphatic carbocycles. The minimum absolute atomic E-state index is 0.505. The van der Waals surface area contributed by atoms with Crippen LogP contribution in [0.2, 0.25) is 0 Å². The first kappa shape index (κ1) is 11.0. The number of aryl methyl sites for hydroxylation is 1. The Balaban J connectivity index is 2.38. The molecule has 3 nitrogen and oxygen atoms in total. The molecule has 0 fully saturated rings. The summed E-state index contributed by atoms with van der Waals surface area (Å²) in [6.07, 6.45) is 1.82. The van der Waals surface area contributed by atoms with Crippen molar-refractivity contribution in [2.24, 2.45) is 0 Å². The van der Waals surface area contributed by atoms with Gasteiger partial charge in [0.2, 0.25) is 0 Å². The van der Waals surface area contributed by atoms with Crippen LogP contribution in [-0.2, 0) is 6.54 Å². The molecule has 0 amide bonds. The van der Waals surface area contributed by atoms with Crippen molar-refractivity contribution in [3.63, 3.8) is 0 Å². The Morgan fingerprint density at radius 3 is 2.86 bits per heavy atom. The molecule has 1 N–H and O–H groups in total. The molecule has 0 unspecified atom stereocenters. The first-order chi connectivity index (χ1) is 6.59. The van der Waals surface area contributed by atoms with Crippen LogP contribution in [0.3, 0.4) is 0 Å². The SMILES string of the molecule is C=C(CNC(C)C)Cn1nccc1C. The third-order valence-electron chi connectivity index (χ3n) is 2.06. The third-order valence-corrected chi connectivity index (χ3v) is 2.06. The van der Waals surface area contributed by atoms with Crippen LogP contribution in [0, 0.1) is 6.92 Å². The molecule has 78 valence electrons. The molecule has 0 aliphatic rings. The molecule has 1 heterocycles. The highest BCUT2D eigenvalue weighted by Gasteiger charge is 2.00. The van der Waals surface area contributed by atoms with E-state index in [4.69, 9.17) is 0 Å². The van der Waals surface area contributed by atoms with Gasteiger partial charge in [-0.1, -0.05) is 20.4 Å². The molecule has 1 aromatic heterocycles. The molecule has 0 aromatic carbocycles. The zero-order valence-corrected chi connectivity index (χ0v) is 9.25. The molecule has 0 radical (unpaired) electrons. The van der Waals surface area contributed by atoms with Crippen LogP contribution in [0.4, 0.5) is 0 Å². The van der Waals surface area contributed by atoms with E-state index in [1.54, 1.807) is 0 Å². The van der Waals surface area contributed by atoms with Gasteiger partial charge in [0.05, 0.1) is 6.54 Å². The van der Waals surface area contributed by atoms with Gasteiger partial charge in [-0.25, -0.2) is 0 Å². The Morgan fingerprint density at radius 2 is 2.36 bits per heavy atom. The van der Waals surface area contributed by atoms with Gasteiger partial charge in [0.15, 0.2) is 0 Å². The van der Waals surface area contributed by atoms with Crippen LogP contribution in [0.15, 0.2) is 24.4 Å². The van der Waals surface area contributed by atoms with Crippen LogP contribution < -0.4 is 5.32 Å². The summed E-state index contributed by atoms with van der Waals surface area (Å²) in [6, 6.07) is 2.51. The largest absolute Gasteiger partial charge is 0.311 e. The fourth-order valence-electron chi connectivity index (χ4n) is 1.18. The van der Waals surface area contributed by atoms with Gasteiger partial charge in [-0.3, -0.25) is 4.68 Å². The van der Waals surface area contributed by atoms with Gasteiger partial charge in [0.25, 0.3) is 0 Å². The van der Waals surface area contributed by atoms with E-state index < -0.39 is 0 Å². The first-order valence-corrected chi connectivity index (χ1v) is 4.98. The summed E-state index contributed by atoms with van der Waals surface area (Å²) in [5.41, 5.74) is 2.33. The molecular formula is C11H19N3. The normalized spacial score (nSPS) is 10.9. The van der Waals surface area contributed by atoms with Gasteiger partial charge in [-0.05, 0) is 18.6 Å². The fourth-order valence-corrected chi connectivity index (χ4v) is 1.18. The van der Waals surface area contributed by atoms with E-state index >= 15 is 0 Å². The summed E-state index contributed by atoms with van der Waals surface area (Å²) < 4.78 is 1.96. The average Bonchev–Trinajstić information content (AvgIpc) is 2.49. The van der Waals surface area contributed by atoms with Crippen LogP contribution in [0.25, 0.3) is 0 Å². The second kappa shape index (κ2) is 4.96. The molecular weight excluding hydrogens is 174 g/mol. The minimum atomic E-state index is 0.505. The van der Waals surface area contributed by atoms with Crippen LogP contribution >= 0.6 is 0 Å². The number of nitrogens with zero attached hydrogens (tertiary/aromatic N) is 2. The van der Waals surface area contributed by atoms with Gasteiger partial charge in [0, 0.05) is 24.5 Å². The standard InChI is InChI=1S/C11H19N3/c1-9(2)12-7-10(3)8-14-11(4)5-6-13-14/h5-6,9,12H,3,7-8H2,1-2,4H3.